The van der Waals surface area contributed by atoms with Crippen LogP contribution >= 0.6 is 0 Å². The topological polar surface area (TPSA) is 159 Å². The summed E-state index contributed by atoms with van der Waals surface area (Å²) >= 11 is 0. The van der Waals surface area contributed by atoms with Crippen molar-refractivity contribution in [2.75, 3.05) is 22.1 Å². The number of aliphatic hydroxyl groups excluding tert-OH is 1. The Morgan fingerprint density at radius 2 is 1.50 bits per heavy atom. The fourth-order valence-corrected chi connectivity index (χ4v) is 10.6. The van der Waals surface area contributed by atoms with Crippen molar-refractivity contribution in [2.45, 2.75) is 63.2 Å². The Labute approximate surface area is 314 Å². The molecular formula is C41H44N6O6Si. The highest BCUT2D eigenvalue weighted by molar-refractivity contribution is 6.71. The first-order valence-corrected chi connectivity index (χ1v) is 21.2. The molecule has 1 spiro atoms. The Hall–Kier alpha value is -5.47. The van der Waals surface area contributed by atoms with Crippen LogP contribution in [0.1, 0.15) is 50.9 Å². The molecule has 1 aromatic heterocycles. The number of benzene rings is 4. The number of fused-ring (bicyclic) bond motifs is 2. The molecule has 0 saturated carbocycles. The lowest BCUT2D eigenvalue weighted by Gasteiger charge is -2.32. The zero-order chi connectivity index (χ0) is 38.0. The summed E-state index contributed by atoms with van der Waals surface area (Å²) in [6.45, 7) is 6.38. The Kier molecular flexibility index (Phi) is 10.3. The molecule has 3 heterocycles. The number of nitrogens with zero attached hydrogens (tertiary/aromatic N) is 4. The summed E-state index contributed by atoms with van der Waals surface area (Å²) in [7, 11) is -2.94. The van der Waals surface area contributed by atoms with Crippen LogP contribution in [0.3, 0.4) is 0 Å². The van der Waals surface area contributed by atoms with Gasteiger partial charge in [0.05, 0.1) is 24.0 Å². The van der Waals surface area contributed by atoms with Gasteiger partial charge in [-0.15, -0.1) is 5.10 Å². The van der Waals surface area contributed by atoms with Crippen molar-refractivity contribution in [3.8, 4) is 0 Å². The normalized spacial score (nSPS) is 20.6. The molecule has 1 fully saturated rings. The number of carbonyl (C=O) groups excluding carboxylic acids is 3. The highest BCUT2D eigenvalue weighted by Gasteiger charge is 2.66. The summed E-state index contributed by atoms with van der Waals surface area (Å²) in [5, 5.41) is 23.6. The molecule has 0 radical (unpaired) electrons. The van der Waals surface area contributed by atoms with Gasteiger partial charge in [-0.05, 0) is 79.7 Å². The minimum Gasteiger partial charge on any atom is -0.432 e. The van der Waals surface area contributed by atoms with E-state index < -0.39 is 25.9 Å². The lowest BCUT2D eigenvalue weighted by Crippen LogP contribution is -2.46. The number of nitrogens with one attached hydrogen (secondary N) is 2. The van der Waals surface area contributed by atoms with E-state index in [-0.39, 0.29) is 36.4 Å². The van der Waals surface area contributed by atoms with E-state index in [0.29, 0.717) is 58.8 Å². The molecule has 0 aliphatic carbocycles. The molecule has 0 unspecified atom stereocenters. The predicted molar refractivity (Wildman–Crippen MR) is 207 cm³/mol. The summed E-state index contributed by atoms with van der Waals surface area (Å²) in [5.41, 5.74) is 3.26. The van der Waals surface area contributed by atoms with Gasteiger partial charge in [0.1, 0.15) is 0 Å². The predicted octanol–water partition coefficient (Wildman–Crippen LogP) is 5.75. The second-order valence-corrected chi connectivity index (χ2v) is 18.5. The number of amides is 3. The first kappa shape index (κ1) is 36.9. The molecule has 5 aromatic rings. The average molecular weight is 745 g/mol. The molecule has 2 aliphatic rings. The van der Waals surface area contributed by atoms with Crippen LogP contribution in [0.5, 0.6) is 0 Å². The monoisotopic (exact) mass is 744 g/mol. The minimum atomic E-state index is -2.94. The van der Waals surface area contributed by atoms with Crippen molar-refractivity contribution in [1.82, 2.24) is 15.0 Å². The van der Waals surface area contributed by atoms with Crippen LogP contribution in [-0.4, -0.2) is 63.6 Å². The molecule has 278 valence electrons. The van der Waals surface area contributed by atoms with Crippen molar-refractivity contribution in [1.29, 1.82) is 0 Å². The summed E-state index contributed by atoms with van der Waals surface area (Å²) in [6, 6.07) is 30.7. The first-order valence-electron chi connectivity index (χ1n) is 18.2. The zero-order valence-corrected chi connectivity index (χ0v) is 31.5. The number of anilines is 3. The summed E-state index contributed by atoms with van der Waals surface area (Å²) in [5.74, 6) is -1.15. The van der Waals surface area contributed by atoms with Crippen molar-refractivity contribution in [3.05, 3.63) is 137 Å². The van der Waals surface area contributed by atoms with E-state index >= 15 is 4.79 Å². The summed E-state index contributed by atoms with van der Waals surface area (Å²) < 4.78 is 8.72. The van der Waals surface area contributed by atoms with Gasteiger partial charge in [-0.3, -0.25) is 19.1 Å². The summed E-state index contributed by atoms with van der Waals surface area (Å²) in [6.07, 6.45) is 2.18. The first-order chi connectivity index (χ1) is 26.0. The molecule has 12 nitrogen and oxygen atoms in total. The van der Waals surface area contributed by atoms with Gasteiger partial charge in [0.2, 0.25) is 0 Å². The highest BCUT2D eigenvalue weighted by atomic mass is 28.4. The van der Waals surface area contributed by atoms with Gasteiger partial charge in [-0.1, -0.05) is 60.7 Å². The lowest BCUT2D eigenvalue weighted by atomic mass is 9.82. The van der Waals surface area contributed by atoms with Crippen LogP contribution in [0, 0.1) is 5.92 Å². The van der Waals surface area contributed by atoms with E-state index in [4.69, 9.17) is 4.74 Å². The number of aliphatic hydroxyl groups is 1. The number of aromatic nitrogens is 3. The van der Waals surface area contributed by atoms with Crippen molar-refractivity contribution < 1.29 is 29.0 Å². The average Bonchev–Trinajstić information content (AvgIpc) is 3.81. The molecule has 0 bridgehead atoms. The standard InChI is InChI=1S/C41H44N6O6Si/c1-27-37(54(2,3)52)36(20-22-46-26-33(21-23-48)44-45-46)53-41(27)34-24-32(43-39(50)30-12-8-5-9-13-30)18-19-35(34)47(40(41)51)25-28-14-16-31(17-15-28)42-38(49)29-10-6-4-7-11-29/h4-19,24,26-27,36-37,48,52H,20-23,25H2,1-3H3,(H,42,49)(H,43,50)/t27-,36+,37-,41+/m1/s1. The van der Waals surface area contributed by atoms with Gasteiger partial charge in [0, 0.05) is 65.3 Å². The molecule has 13 heteroatoms. The number of hydrogen-bond acceptors (Lipinski definition) is 8. The Bertz CT molecular complexity index is 2140. The second-order valence-electron chi connectivity index (χ2n) is 14.6. The van der Waals surface area contributed by atoms with Gasteiger partial charge in [-0.25, -0.2) is 0 Å². The number of carbonyl (C=O) groups is 3. The SMILES string of the molecule is C[C@@H]1[C@@H]([Si](C)(C)O)[C@H](CCn2cc(CCO)nn2)O[C@@]12C(=O)N(Cc1ccc(NC(=O)c3ccccc3)cc1)c1ccc(NC(=O)c3ccccc3)cc12. The van der Waals surface area contributed by atoms with E-state index in [1.54, 1.807) is 58.2 Å². The maximum absolute atomic E-state index is 15.0. The van der Waals surface area contributed by atoms with E-state index in [9.17, 15) is 19.5 Å². The molecule has 4 atom stereocenters. The fourth-order valence-electron chi connectivity index (χ4n) is 7.98. The molecule has 3 amide bonds. The number of hydrogen-bond donors (Lipinski definition) is 4. The molecule has 1 saturated heterocycles. The Morgan fingerprint density at radius 3 is 2.11 bits per heavy atom. The third-order valence-electron chi connectivity index (χ3n) is 10.5. The number of ether oxygens (including phenoxy) is 1. The van der Waals surface area contributed by atoms with E-state index in [1.807, 2.05) is 80.7 Å². The van der Waals surface area contributed by atoms with E-state index in [2.05, 4.69) is 20.9 Å². The quantitative estimate of drug-likeness (QED) is 0.118. The number of rotatable bonds is 12. The third-order valence-corrected chi connectivity index (χ3v) is 13.0. The van der Waals surface area contributed by atoms with Crippen LogP contribution in [0.2, 0.25) is 18.6 Å². The Balaban J connectivity index is 1.21. The van der Waals surface area contributed by atoms with E-state index in [1.165, 1.54) is 0 Å². The van der Waals surface area contributed by atoms with Gasteiger partial charge in [-0.2, -0.15) is 0 Å². The maximum Gasteiger partial charge on any atom is 0.264 e. The molecule has 54 heavy (non-hydrogen) atoms. The van der Waals surface area contributed by atoms with E-state index in [0.717, 1.165) is 5.56 Å². The highest BCUT2D eigenvalue weighted by Crippen LogP contribution is 2.60. The lowest BCUT2D eigenvalue weighted by molar-refractivity contribution is -0.146. The maximum atomic E-state index is 15.0. The fraction of sp³-hybridized carbons (Fsp3) is 0.293. The van der Waals surface area contributed by atoms with Crippen LogP contribution in [-0.2, 0) is 34.6 Å². The van der Waals surface area contributed by atoms with Gasteiger partial charge < -0.3 is 30.2 Å². The molecule has 7 rings (SSSR count). The molecule has 4 aromatic carbocycles. The minimum absolute atomic E-state index is 0.0301. The molecule has 4 N–H and O–H groups in total. The van der Waals surface area contributed by atoms with Crippen LogP contribution in [0.25, 0.3) is 0 Å². The van der Waals surface area contributed by atoms with Crippen molar-refractivity contribution in [3.63, 3.8) is 0 Å². The smallest absolute Gasteiger partial charge is 0.264 e. The largest absolute Gasteiger partial charge is 0.432 e. The van der Waals surface area contributed by atoms with Gasteiger partial charge >= 0.3 is 0 Å². The molecular weight excluding hydrogens is 701 g/mol. The van der Waals surface area contributed by atoms with Crippen molar-refractivity contribution >= 4 is 43.1 Å². The molecule has 2 aliphatic heterocycles. The number of aryl methyl sites for hydroxylation is 1. The van der Waals surface area contributed by atoms with Gasteiger partial charge in [0.25, 0.3) is 17.7 Å². The van der Waals surface area contributed by atoms with Gasteiger partial charge in [0.15, 0.2) is 13.9 Å². The van der Waals surface area contributed by atoms with Crippen LogP contribution in [0.4, 0.5) is 17.1 Å². The summed E-state index contributed by atoms with van der Waals surface area (Å²) in [4.78, 5) is 54.5. The third kappa shape index (κ3) is 7.23. The van der Waals surface area contributed by atoms with Crippen LogP contribution in [0.15, 0.2) is 109 Å². The zero-order valence-electron chi connectivity index (χ0n) is 30.5. The van der Waals surface area contributed by atoms with Crippen molar-refractivity contribution in [2.24, 2.45) is 5.92 Å². The Morgan fingerprint density at radius 1 is 0.889 bits per heavy atom. The van der Waals surface area contributed by atoms with Crippen LogP contribution < -0.4 is 15.5 Å². The second kappa shape index (κ2) is 15.1.